The standard InChI is InChI=1S/C21H21N7O/c1-27-20(15-9-10-19(22)23-13-15)24-25-21(27)28-11-5-8-17(28)16-12-18(29-26-16)14-6-3-2-4-7-14/h2-4,6-7,9-10,12-13,17H,5,8,11H2,1H3,(H2,22,23)/t17-/m0/s1. The summed E-state index contributed by atoms with van der Waals surface area (Å²) in [6, 6.07) is 15.8. The number of nitrogen functional groups attached to an aromatic ring is 1. The lowest BCUT2D eigenvalue weighted by Gasteiger charge is -2.23. The van der Waals surface area contributed by atoms with Gasteiger partial charge in [-0.25, -0.2) is 4.98 Å². The van der Waals surface area contributed by atoms with Crippen molar-refractivity contribution in [2.45, 2.75) is 18.9 Å². The molecule has 2 N–H and O–H groups in total. The average Bonchev–Trinajstić information content (AvgIpc) is 3.48. The molecule has 0 spiro atoms. The summed E-state index contributed by atoms with van der Waals surface area (Å²) in [5, 5.41) is 13.2. The highest BCUT2D eigenvalue weighted by Gasteiger charge is 2.32. The molecule has 1 aliphatic heterocycles. The van der Waals surface area contributed by atoms with Crippen molar-refractivity contribution in [1.82, 2.24) is 24.9 Å². The molecule has 8 nitrogen and oxygen atoms in total. The molecule has 0 bridgehead atoms. The first kappa shape index (κ1) is 17.4. The Labute approximate surface area is 168 Å². The van der Waals surface area contributed by atoms with Crippen molar-refractivity contribution in [3.8, 4) is 22.7 Å². The fourth-order valence-electron chi connectivity index (χ4n) is 3.86. The number of hydrogen-bond acceptors (Lipinski definition) is 7. The SMILES string of the molecule is Cn1c(-c2ccc(N)nc2)nnc1N1CCC[C@H]1c1cc(-c2ccccc2)on1. The molecule has 1 saturated heterocycles. The summed E-state index contributed by atoms with van der Waals surface area (Å²) in [4.78, 5) is 6.40. The zero-order valence-electron chi connectivity index (χ0n) is 16.1. The van der Waals surface area contributed by atoms with Gasteiger partial charge in [-0.2, -0.15) is 0 Å². The maximum atomic E-state index is 5.70. The summed E-state index contributed by atoms with van der Waals surface area (Å²) in [5.74, 6) is 2.82. The molecule has 5 rings (SSSR count). The molecule has 146 valence electrons. The van der Waals surface area contributed by atoms with Crippen LogP contribution in [0.5, 0.6) is 0 Å². The van der Waals surface area contributed by atoms with E-state index >= 15 is 0 Å². The second kappa shape index (κ2) is 7.05. The van der Waals surface area contributed by atoms with Crippen molar-refractivity contribution in [3.63, 3.8) is 0 Å². The molecule has 4 aromatic rings. The molecular formula is C21H21N7O. The number of pyridine rings is 1. The van der Waals surface area contributed by atoms with Gasteiger partial charge in [-0.15, -0.1) is 10.2 Å². The van der Waals surface area contributed by atoms with E-state index < -0.39 is 0 Å². The van der Waals surface area contributed by atoms with Crippen molar-refractivity contribution in [1.29, 1.82) is 0 Å². The third-order valence-electron chi connectivity index (χ3n) is 5.33. The lowest BCUT2D eigenvalue weighted by atomic mass is 10.1. The number of aromatic nitrogens is 5. The molecule has 3 aromatic heterocycles. The molecule has 8 heteroatoms. The Kier molecular flexibility index (Phi) is 4.23. The van der Waals surface area contributed by atoms with Gasteiger partial charge in [-0.1, -0.05) is 35.5 Å². The molecule has 0 aliphatic carbocycles. The fraction of sp³-hybridized carbons (Fsp3) is 0.238. The number of nitrogens with zero attached hydrogens (tertiary/aromatic N) is 6. The van der Waals surface area contributed by atoms with E-state index in [-0.39, 0.29) is 6.04 Å². The van der Waals surface area contributed by atoms with Gasteiger partial charge < -0.3 is 15.2 Å². The zero-order valence-corrected chi connectivity index (χ0v) is 16.1. The topological polar surface area (TPSA) is 98.9 Å². The maximum absolute atomic E-state index is 5.70. The summed E-state index contributed by atoms with van der Waals surface area (Å²) in [6.45, 7) is 0.893. The van der Waals surface area contributed by atoms with E-state index in [0.717, 1.165) is 53.7 Å². The number of benzene rings is 1. The molecular weight excluding hydrogens is 366 g/mol. The van der Waals surface area contributed by atoms with Gasteiger partial charge in [0.2, 0.25) is 5.95 Å². The van der Waals surface area contributed by atoms with Crippen LogP contribution in [0.1, 0.15) is 24.6 Å². The van der Waals surface area contributed by atoms with Crippen LogP contribution < -0.4 is 10.6 Å². The minimum Gasteiger partial charge on any atom is -0.384 e. The highest BCUT2D eigenvalue weighted by molar-refractivity contribution is 5.59. The Bertz CT molecular complexity index is 1120. The predicted octanol–water partition coefficient (Wildman–Crippen LogP) is 3.46. The normalized spacial score (nSPS) is 16.4. The number of nitrogens with two attached hydrogens (primary N) is 1. The van der Waals surface area contributed by atoms with Gasteiger partial charge in [0.1, 0.15) is 11.5 Å². The first-order chi connectivity index (χ1) is 14.2. The van der Waals surface area contributed by atoms with E-state index in [1.807, 2.05) is 54.1 Å². The van der Waals surface area contributed by atoms with Crippen LogP contribution in [0.15, 0.2) is 59.3 Å². The molecule has 29 heavy (non-hydrogen) atoms. The van der Waals surface area contributed by atoms with Gasteiger partial charge in [0.05, 0.1) is 6.04 Å². The zero-order chi connectivity index (χ0) is 19.8. The van der Waals surface area contributed by atoms with Crippen LogP contribution in [0.2, 0.25) is 0 Å². The highest BCUT2D eigenvalue weighted by Crippen LogP contribution is 2.37. The second-order valence-corrected chi connectivity index (χ2v) is 7.19. The average molecular weight is 387 g/mol. The van der Waals surface area contributed by atoms with Gasteiger partial charge in [0.15, 0.2) is 11.6 Å². The van der Waals surface area contributed by atoms with Gasteiger partial charge in [0.25, 0.3) is 0 Å². The molecule has 1 aliphatic rings. The Morgan fingerprint density at radius 1 is 1.07 bits per heavy atom. The largest absolute Gasteiger partial charge is 0.384 e. The minimum atomic E-state index is 0.108. The maximum Gasteiger partial charge on any atom is 0.227 e. The quantitative estimate of drug-likeness (QED) is 0.572. The molecule has 0 amide bonds. The molecule has 0 unspecified atom stereocenters. The second-order valence-electron chi connectivity index (χ2n) is 7.19. The van der Waals surface area contributed by atoms with Gasteiger partial charge >= 0.3 is 0 Å². The van der Waals surface area contributed by atoms with Crippen LogP contribution in [0.25, 0.3) is 22.7 Å². The van der Waals surface area contributed by atoms with E-state index in [1.165, 1.54) is 0 Å². The van der Waals surface area contributed by atoms with E-state index in [4.69, 9.17) is 10.3 Å². The summed E-state index contributed by atoms with van der Waals surface area (Å²) >= 11 is 0. The van der Waals surface area contributed by atoms with Crippen molar-refractivity contribution in [3.05, 3.63) is 60.4 Å². The van der Waals surface area contributed by atoms with Gasteiger partial charge in [0, 0.05) is 37.0 Å². The van der Waals surface area contributed by atoms with E-state index in [1.54, 1.807) is 12.3 Å². The Hall–Kier alpha value is -3.68. The van der Waals surface area contributed by atoms with Gasteiger partial charge in [-0.05, 0) is 25.0 Å². The molecule has 1 aromatic carbocycles. The summed E-state index contributed by atoms with van der Waals surface area (Å²) < 4.78 is 7.61. The lowest BCUT2D eigenvalue weighted by Crippen LogP contribution is -2.25. The molecule has 4 heterocycles. The fourth-order valence-corrected chi connectivity index (χ4v) is 3.86. The van der Waals surface area contributed by atoms with Gasteiger partial charge in [-0.3, -0.25) is 4.57 Å². The van der Waals surface area contributed by atoms with Crippen LogP contribution in [-0.2, 0) is 7.05 Å². The van der Waals surface area contributed by atoms with Crippen LogP contribution in [0.4, 0.5) is 11.8 Å². The third kappa shape index (κ3) is 3.12. The Morgan fingerprint density at radius 2 is 1.93 bits per heavy atom. The number of anilines is 2. The first-order valence-corrected chi connectivity index (χ1v) is 9.60. The molecule has 0 radical (unpaired) electrons. The molecule has 1 atom stereocenters. The Balaban J connectivity index is 1.45. The highest BCUT2D eigenvalue weighted by atomic mass is 16.5. The van der Waals surface area contributed by atoms with Crippen molar-refractivity contribution in [2.24, 2.45) is 7.05 Å². The van der Waals surface area contributed by atoms with Crippen LogP contribution >= 0.6 is 0 Å². The summed E-state index contributed by atoms with van der Waals surface area (Å²) in [5.41, 5.74) is 8.51. The molecule has 0 saturated carbocycles. The smallest absolute Gasteiger partial charge is 0.227 e. The third-order valence-corrected chi connectivity index (χ3v) is 5.33. The number of rotatable bonds is 4. The predicted molar refractivity (Wildman–Crippen MR) is 110 cm³/mol. The number of hydrogen-bond donors (Lipinski definition) is 1. The monoisotopic (exact) mass is 387 g/mol. The van der Waals surface area contributed by atoms with Crippen molar-refractivity contribution in [2.75, 3.05) is 17.2 Å². The lowest BCUT2D eigenvalue weighted by molar-refractivity contribution is 0.416. The van der Waals surface area contributed by atoms with E-state index in [2.05, 4.69) is 25.2 Å². The van der Waals surface area contributed by atoms with Crippen molar-refractivity contribution < 1.29 is 4.52 Å². The minimum absolute atomic E-state index is 0.108. The summed E-state index contributed by atoms with van der Waals surface area (Å²) in [7, 11) is 1.97. The van der Waals surface area contributed by atoms with E-state index in [0.29, 0.717) is 5.82 Å². The van der Waals surface area contributed by atoms with Crippen LogP contribution in [-0.4, -0.2) is 31.4 Å². The van der Waals surface area contributed by atoms with Crippen molar-refractivity contribution >= 4 is 11.8 Å². The van der Waals surface area contributed by atoms with E-state index in [9.17, 15) is 0 Å². The Morgan fingerprint density at radius 3 is 2.72 bits per heavy atom. The summed E-state index contributed by atoms with van der Waals surface area (Å²) in [6.07, 6.45) is 3.77. The van der Waals surface area contributed by atoms with Crippen LogP contribution in [0, 0.1) is 0 Å². The molecule has 1 fully saturated rings. The van der Waals surface area contributed by atoms with Crippen LogP contribution in [0.3, 0.4) is 0 Å². The first-order valence-electron chi connectivity index (χ1n) is 9.60.